The highest BCUT2D eigenvalue weighted by molar-refractivity contribution is 5.03. The number of nitrogens with zero attached hydrogens (tertiary/aromatic N) is 6. The lowest BCUT2D eigenvalue weighted by Crippen LogP contribution is -2.55. The average molecular weight is 522 g/mol. The van der Waals surface area contributed by atoms with Crippen LogP contribution in [0.5, 0.6) is 0 Å². The molecule has 4 aliphatic heterocycles. The summed E-state index contributed by atoms with van der Waals surface area (Å²) in [4.78, 5) is 76.0. The molecular formula is C21H26N6O10. The molecule has 2 aromatic rings. The highest BCUT2D eigenvalue weighted by Gasteiger charge is 2.57. The Morgan fingerprint density at radius 2 is 0.946 bits per heavy atom. The quantitative estimate of drug-likeness (QED) is 0.275. The fourth-order valence-corrected chi connectivity index (χ4v) is 4.63. The molecule has 2 aromatic heterocycles. The maximum absolute atomic E-state index is 12.9. The highest BCUT2D eigenvalue weighted by atomic mass is 16.7. The van der Waals surface area contributed by atoms with E-state index < -0.39 is 58.6 Å². The first kappa shape index (κ1) is 24.0. The van der Waals surface area contributed by atoms with Crippen LogP contribution in [0.1, 0.15) is 6.92 Å². The molecule has 0 saturated carbocycles. The van der Waals surface area contributed by atoms with Gasteiger partial charge in [-0.05, 0) is 6.92 Å². The van der Waals surface area contributed by atoms with E-state index in [4.69, 9.17) is 18.9 Å². The highest BCUT2D eigenvalue weighted by Crippen LogP contribution is 2.39. The molecule has 0 N–H and O–H groups in total. The zero-order chi connectivity index (χ0) is 26.2. The molecule has 0 spiro atoms. The van der Waals surface area contributed by atoms with Gasteiger partial charge in [0.2, 0.25) is 0 Å². The lowest BCUT2D eigenvalue weighted by Gasteiger charge is -2.11. The van der Waals surface area contributed by atoms with E-state index in [1.165, 1.54) is 7.05 Å². The smallest absolute Gasteiger partial charge is 0.336 e. The Bertz CT molecular complexity index is 1620. The van der Waals surface area contributed by atoms with Gasteiger partial charge in [-0.3, -0.25) is 0 Å². The van der Waals surface area contributed by atoms with Crippen molar-refractivity contribution in [3.05, 3.63) is 62.9 Å². The second-order valence-electron chi connectivity index (χ2n) is 9.63. The molecule has 4 fully saturated rings. The van der Waals surface area contributed by atoms with Crippen LogP contribution >= 0.6 is 0 Å². The SMILES string of the molecule is CCn1c(=O)n(CC2CO2)c(=O)n(CC2OC2C2OC2Cn2c(=O)n(C)c(=O)n(CC3CO3)c2=O)c1=O. The molecule has 0 radical (unpaired) electrons. The first-order valence-electron chi connectivity index (χ1n) is 12.1. The van der Waals surface area contributed by atoms with Crippen LogP contribution in [0.3, 0.4) is 0 Å². The van der Waals surface area contributed by atoms with Crippen molar-refractivity contribution in [3.63, 3.8) is 0 Å². The second-order valence-corrected chi connectivity index (χ2v) is 9.63. The number of hydrogen-bond acceptors (Lipinski definition) is 10. The summed E-state index contributed by atoms with van der Waals surface area (Å²) in [6, 6.07) is 0. The first-order chi connectivity index (χ1) is 17.7. The first-order valence-corrected chi connectivity index (χ1v) is 12.1. The summed E-state index contributed by atoms with van der Waals surface area (Å²) < 4.78 is 27.3. The minimum Gasteiger partial charge on any atom is -0.371 e. The molecule has 4 saturated heterocycles. The molecule has 0 aliphatic carbocycles. The molecule has 0 bridgehead atoms. The summed E-state index contributed by atoms with van der Waals surface area (Å²) in [5.74, 6) is 0. The molecule has 16 heteroatoms. The third-order valence-corrected chi connectivity index (χ3v) is 7.07. The summed E-state index contributed by atoms with van der Waals surface area (Å²) in [7, 11) is 1.30. The van der Waals surface area contributed by atoms with Crippen LogP contribution in [0.2, 0.25) is 0 Å². The molecule has 6 unspecified atom stereocenters. The van der Waals surface area contributed by atoms with Crippen molar-refractivity contribution in [2.24, 2.45) is 7.05 Å². The standard InChI is InChI=1S/C21H26N6O10/c1-3-23-18(30)25(5-11-9-35-11)21(33)27(19(23)31)7-13-15(37-13)14-12(36-14)6-26-17(29)22(2)16(28)24(20(26)32)4-10-8-34-10/h10-15H,3-9H2,1-2H3. The van der Waals surface area contributed by atoms with Gasteiger partial charge in [-0.25, -0.2) is 56.2 Å². The number of epoxide rings is 4. The molecule has 6 atom stereocenters. The Morgan fingerprint density at radius 3 is 1.35 bits per heavy atom. The van der Waals surface area contributed by atoms with E-state index in [2.05, 4.69) is 0 Å². The van der Waals surface area contributed by atoms with E-state index in [0.29, 0.717) is 13.2 Å². The van der Waals surface area contributed by atoms with E-state index in [9.17, 15) is 28.8 Å². The van der Waals surface area contributed by atoms with Gasteiger partial charge < -0.3 is 18.9 Å². The molecule has 16 nitrogen and oxygen atoms in total. The molecule has 37 heavy (non-hydrogen) atoms. The van der Waals surface area contributed by atoms with Gasteiger partial charge in [0.1, 0.15) is 24.4 Å². The summed E-state index contributed by atoms with van der Waals surface area (Å²) in [6.07, 6.45) is -2.40. The van der Waals surface area contributed by atoms with Crippen LogP contribution in [0, 0.1) is 0 Å². The molecule has 6 rings (SSSR count). The largest absolute Gasteiger partial charge is 0.371 e. The third-order valence-electron chi connectivity index (χ3n) is 7.07. The molecule has 0 amide bonds. The van der Waals surface area contributed by atoms with Crippen LogP contribution < -0.4 is 34.1 Å². The second kappa shape index (κ2) is 8.61. The normalized spacial score (nSPS) is 29.4. The van der Waals surface area contributed by atoms with E-state index in [0.717, 1.165) is 27.4 Å². The Balaban J connectivity index is 1.17. The number of aromatic nitrogens is 6. The number of rotatable bonds is 10. The topological polar surface area (TPSA) is 182 Å². The lowest BCUT2D eigenvalue weighted by molar-refractivity contribution is 0.295. The molecule has 200 valence electrons. The molecular weight excluding hydrogens is 496 g/mol. The minimum atomic E-state index is -0.751. The predicted molar refractivity (Wildman–Crippen MR) is 122 cm³/mol. The van der Waals surface area contributed by atoms with Crippen LogP contribution in [0.25, 0.3) is 0 Å². The van der Waals surface area contributed by atoms with E-state index >= 15 is 0 Å². The summed E-state index contributed by atoms with van der Waals surface area (Å²) >= 11 is 0. The van der Waals surface area contributed by atoms with Crippen molar-refractivity contribution in [1.82, 2.24) is 27.4 Å². The van der Waals surface area contributed by atoms with Gasteiger partial charge in [0.15, 0.2) is 0 Å². The predicted octanol–water partition coefficient (Wildman–Crippen LogP) is -4.75. The lowest BCUT2D eigenvalue weighted by atomic mass is 10.2. The Hall–Kier alpha value is -3.34. The minimum absolute atomic E-state index is 0.0631. The van der Waals surface area contributed by atoms with Gasteiger partial charge in [-0.1, -0.05) is 0 Å². The molecule has 0 aromatic carbocycles. The fourth-order valence-electron chi connectivity index (χ4n) is 4.63. The summed E-state index contributed by atoms with van der Waals surface area (Å²) in [5, 5.41) is 0. The van der Waals surface area contributed by atoms with Crippen LogP contribution in [-0.4, -0.2) is 77.2 Å². The van der Waals surface area contributed by atoms with Gasteiger partial charge in [0, 0.05) is 13.6 Å². The van der Waals surface area contributed by atoms with Gasteiger partial charge in [0.25, 0.3) is 0 Å². The maximum Gasteiger partial charge on any atom is 0.336 e. The van der Waals surface area contributed by atoms with Crippen molar-refractivity contribution in [2.75, 3.05) is 13.2 Å². The van der Waals surface area contributed by atoms with Gasteiger partial charge in [-0.2, -0.15) is 0 Å². The van der Waals surface area contributed by atoms with Crippen molar-refractivity contribution < 1.29 is 18.9 Å². The van der Waals surface area contributed by atoms with Crippen molar-refractivity contribution >= 4 is 0 Å². The summed E-state index contributed by atoms with van der Waals surface area (Å²) in [6.45, 7) is 2.61. The van der Waals surface area contributed by atoms with Gasteiger partial charge in [-0.15, -0.1) is 0 Å². The Labute approximate surface area is 206 Å². The van der Waals surface area contributed by atoms with Crippen molar-refractivity contribution in [2.45, 2.75) is 76.3 Å². The zero-order valence-electron chi connectivity index (χ0n) is 20.2. The van der Waals surface area contributed by atoms with E-state index in [1.54, 1.807) is 6.92 Å². The van der Waals surface area contributed by atoms with Crippen molar-refractivity contribution in [1.29, 1.82) is 0 Å². The van der Waals surface area contributed by atoms with E-state index in [1.807, 2.05) is 0 Å². The summed E-state index contributed by atoms with van der Waals surface area (Å²) in [5.41, 5.74) is -4.32. The Morgan fingerprint density at radius 1 is 0.595 bits per heavy atom. The zero-order valence-corrected chi connectivity index (χ0v) is 20.2. The average Bonchev–Trinajstić information content (AvgIpc) is 3.69. The molecule has 4 aliphatic rings. The van der Waals surface area contributed by atoms with Crippen LogP contribution in [0.4, 0.5) is 0 Å². The third kappa shape index (κ3) is 4.28. The Kier molecular flexibility index (Phi) is 5.59. The van der Waals surface area contributed by atoms with Crippen LogP contribution in [-0.2, 0) is 58.7 Å². The van der Waals surface area contributed by atoms with E-state index in [-0.39, 0.29) is 44.9 Å². The molecule has 6 heterocycles. The van der Waals surface area contributed by atoms with Crippen LogP contribution in [0.15, 0.2) is 28.8 Å². The van der Waals surface area contributed by atoms with Gasteiger partial charge >= 0.3 is 34.1 Å². The van der Waals surface area contributed by atoms with Gasteiger partial charge in [0.05, 0.1) is 51.6 Å². The number of ether oxygens (including phenoxy) is 4. The fraction of sp³-hybridized carbons (Fsp3) is 0.714. The number of hydrogen-bond donors (Lipinski definition) is 0. The van der Waals surface area contributed by atoms with Crippen molar-refractivity contribution in [3.8, 4) is 0 Å². The monoisotopic (exact) mass is 522 g/mol. The maximum atomic E-state index is 12.9.